The van der Waals surface area contributed by atoms with E-state index in [0.29, 0.717) is 19.0 Å². The number of nitrogens with zero attached hydrogens (tertiary/aromatic N) is 5. The fourth-order valence-corrected chi connectivity index (χ4v) is 4.71. The number of aromatic nitrogens is 4. The number of benzene rings is 1. The van der Waals surface area contributed by atoms with Crippen LogP contribution in [-0.2, 0) is 9.84 Å². The molecule has 3 aromatic rings. The smallest absolute Gasteiger partial charge is 0.351 e. The number of anilines is 3. The Morgan fingerprint density at radius 3 is 2.51 bits per heavy atom. The van der Waals surface area contributed by atoms with E-state index in [-0.39, 0.29) is 33.8 Å². The third-order valence-electron chi connectivity index (χ3n) is 6.05. The Labute approximate surface area is 201 Å². The van der Waals surface area contributed by atoms with E-state index in [0.717, 1.165) is 36.6 Å². The monoisotopic (exact) mass is 503 g/mol. The molecule has 0 radical (unpaired) electrons. The summed E-state index contributed by atoms with van der Waals surface area (Å²) in [4.78, 5) is 21.1. The van der Waals surface area contributed by atoms with Crippen LogP contribution in [0.5, 0.6) is 0 Å². The van der Waals surface area contributed by atoms with Gasteiger partial charge in [0.2, 0.25) is 11.6 Å². The van der Waals surface area contributed by atoms with E-state index < -0.39 is 20.6 Å². The van der Waals surface area contributed by atoms with Crippen LogP contribution in [0.25, 0.3) is 0 Å². The molecule has 35 heavy (non-hydrogen) atoms. The molecule has 1 aliphatic rings. The summed E-state index contributed by atoms with van der Waals surface area (Å²) in [6.45, 7) is 5.23. The molecule has 3 heterocycles. The van der Waals surface area contributed by atoms with Gasteiger partial charge >= 0.3 is 5.69 Å². The zero-order valence-corrected chi connectivity index (χ0v) is 20.3. The van der Waals surface area contributed by atoms with Crippen LogP contribution in [0.4, 0.5) is 27.4 Å². The number of hydrogen-bond donors (Lipinski definition) is 2. The van der Waals surface area contributed by atoms with Gasteiger partial charge in [0.05, 0.1) is 21.2 Å². The van der Waals surface area contributed by atoms with Crippen molar-refractivity contribution in [2.45, 2.75) is 43.4 Å². The van der Waals surface area contributed by atoms with Crippen molar-refractivity contribution in [1.29, 1.82) is 0 Å². The van der Waals surface area contributed by atoms with Gasteiger partial charge in [0.1, 0.15) is 12.1 Å². The quantitative estimate of drug-likeness (QED) is 0.362. The molecule has 1 saturated heterocycles. The lowest BCUT2D eigenvalue weighted by atomic mass is 9.93. The van der Waals surface area contributed by atoms with E-state index in [1.54, 1.807) is 0 Å². The Morgan fingerprint density at radius 1 is 1.23 bits per heavy atom. The summed E-state index contributed by atoms with van der Waals surface area (Å²) in [5.41, 5.74) is 1.55. The van der Waals surface area contributed by atoms with E-state index in [4.69, 9.17) is 0 Å². The number of sulfone groups is 1. The second-order valence-electron chi connectivity index (χ2n) is 8.85. The van der Waals surface area contributed by atoms with Gasteiger partial charge in [-0.3, -0.25) is 15.2 Å². The van der Waals surface area contributed by atoms with E-state index in [9.17, 15) is 22.9 Å². The fraction of sp³-hybridized carbons (Fsp3) is 0.409. The molecule has 1 aliphatic heterocycles. The van der Waals surface area contributed by atoms with Crippen LogP contribution in [0.1, 0.15) is 49.9 Å². The van der Waals surface area contributed by atoms with Crippen molar-refractivity contribution in [3.05, 3.63) is 57.9 Å². The molecule has 13 heteroatoms. The third-order valence-corrected chi connectivity index (χ3v) is 7.16. The zero-order chi connectivity index (χ0) is 25.3. The summed E-state index contributed by atoms with van der Waals surface area (Å²) >= 11 is 0. The summed E-state index contributed by atoms with van der Waals surface area (Å²) in [5, 5.41) is 22.1. The topological polar surface area (TPSA) is 147 Å². The highest BCUT2D eigenvalue weighted by Crippen LogP contribution is 2.37. The summed E-state index contributed by atoms with van der Waals surface area (Å²) < 4.78 is 37.9. The molecule has 0 bridgehead atoms. The SMILES string of the molecule is CC(C)c1cc(C2CCN(c3ncnc(Nc4ccc(S(C)(=O)=O)cc4F)c3[N+](=O)[O-])CC2)[nH]n1. The second kappa shape index (κ2) is 9.56. The summed E-state index contributed by atoms with van der Waals surface area (Å²) in [6.07, 6.45) is 3.66. The van der Waals surface area contributed by atoms with E-state index >= 15 is 0 Å². The molecule has 0 saturated carbocycles. The van der Waals surface area contributed by atoms with E-state index in [1.165, 1.54) is 18.5 Å². The highest BCUT2D eigenvalue weighted by atomic mass is 32.2. The maximum Gasteiger partial charge on any atom is 0.353 e. The largest absolute Gasteiger partial charge is 0.353 e. The molecule has 0 amide bonds. The van der Waals surface area contributed by atoms with Gasteiger partial charge in [-0.1, -0.05) is 13.8 Å². The van der Waals surface area contributed by atoms with E-state index in [1.807, 2.05) is 4.90 Å². The van der Waals surface area contributed by atoms with Crippen molar-refractivity contribution in [2.24, 2.45) is 0 Å². The third kappa shape index (κ3) is 5.24. The second-order valence-corrected chi connectivity index (χ2v) is 10.9. The number of nitro groups is 1. The van der Waals surface area contributed by atoms with Gasteiger partial charge in [-0.2, -0.15) is 5.10 Å². The Balaban J connectivity index is 1.56. The fourth-order valence-electron chi connectivity index (χ4n) is 4.08. The first kappa shape index (κ1) is 24.5. The standard InChI is InChI=1S/C22H26FN7O4S/c1-13(2)18-11-19(28-27-18)14-6-8-29(9-7-14)22-20(30(31)32)21(24-12-25-22)26-17-5-4-15(10-16(17)23)35(3,33)34/h4-5,10-14H,6-9H2,1-3H3,(H,27,28)(H,24,25,26). The van der Waals surface area contributed by atoms with Crippen molar-refractivity contribution in [3.63, 3.8) is 0 Å². The Kier molecular flexibility index (Phi) is 6.70. The summed E-state index contributed by atoms with van der Waals surface area (Å²) in [5.74, 6) is -0.326. The summed E-state index contributed by atoms with van der Waals surface area (Å²) in [7, 11) is -3.60. The lowest BCUT2D eigenvalue weighted by molar-refractivity contribution is -0.383. The van der Waals surface area contributed by atoms with Crippen molar-refractivity contribution in [3.8, 4) is 0 Å². The van der Waals surface area contributed by atoms with Crippen LogP contribution in [0.2, 0.25) is 0 Å². The van der Waals surface area contributed by atoms with Gasteiger partial charge in [0.25, 0.3) is 0 Å². The zero-order valence-electron chi connectivity index (χ0n) is 19.5. The predicted octanol–water partition coefficient (Wildman–Crippen LogP) is 3.90. The highest BCUT2D eigenvalue weighted by molar-refractivity contribution is 7.90. The van der Waals surface area contributed by atoms with Crippen molar-refractivity contribution in [2.75, 3.05) is 29.6 Å². The maximum absolute atomic E-state index is 14.6. The molecule has 1 fully saturated rings. The van der Waals surface area contributed by atoms with Crippen molar-refractivity contribution in [1.82, 2.24) is 20.2 Å². The van der Waals surface area contributed by atoms with Crippen LogP contribution in [0, 0.1) is 15.9 Å². The number of hydrogen-bond acceptors (Lipinski definition) is 9. The van der Waals surface area contributed by atoms with Gasteiger partial charge in [-0.15, -0.1) is 0 Å². The number of aromatic amines is 1. The first-order valence-corrected chi connectivity index (χ1v) is 13.0. The molecule has 4 rings (SSSR count). The predicted molar refractivity (Wildman–Crippen MR) is 128 cm³/mol. The first-order valence-electron chi connectivity index (χ1n) is 11.1. The minimum absolute atomic E-state index is 0.135. The molecule has 186 valence electrons. The molecule has 0 spiro atoms. The van der Waals surface area contributed by atoms with Crippen LogP contribution in [0.3, 0.4) is 0 Å². The van der Waals surface area contributed by atoms with E-state index in [2.05, 4.69) is 45.4 Å². The molecule has 2 aromatic heterocycles. The van der Waals surface area contributed by atoms with Gasteiger partial charge < -0.3 is 10.2 Å². The molecule has 0 atom stereocenters. The maximum atomic E-state index is 14.6. The normalized spacial score (nSPS) is 14.9. The van der Waals surface area contributed by atoms with Gasteiger partial charge in [0, 0.05) is 31.0 Å². The molecule has 11 nitrogen and oxygen atoms in total. The van der Waals surface area contributed by atoms with Crippen LogP contribution in [-0.4, -0.2) is 52.9 Å². The average Bonchev–Trinajstić information content (AvgIpc) is 3.30. The van der Waals surface area contributed by atoms with Gasteiger partial charge in [-0.25, -0.2) is 22.8 Å². The van der Waals surface area contributed by atoms with Crippen LogP contribution in [0.15, 0.2) is 35.5 Å². The Morgan fingerprint density at radius 2 is 1.94 bits per heavy atom. The molecule has 0 aliphatic carbocycles. The number of H-pyrrole nitrogens is 1. The molecule has 0 unspecified atom stereocenters. The molecule has 1 aromatic carbocycles. The molecular weight excluding hydrogens is 477 g/mol. The number of rotatable bonds is 7. The minimum Gasteiger partial charge on any atom is -0.351 e. The lowest BCUT2D eigenvalue weighted by Crippen LogP contribution is -2.34. The number of piperidine rings is 1. The lowest BCUT2D eigenvalue weighted by Gasteiger charge is -2.32. The van der Waals surface area contributed by atoms with Crippen molar-refractivity contribution < 1.29 is 17.7 Å². The van der Waals surface area contributed by atoms with Crippen LogP contribution < -0.4 is 10.2 Å². The minimum atomic E-state index is -3.60. The molecular formula is C22H26FN7O4S. The Bertz CT molecular complexity index is 1350. The number of halogens is 1. The van der Waals surface area contributed by atoms with Crippen LogP contribution >= 0.6 is 0 Å². The highest BCUT2D eigenvalue weighted by Gasteiger charge is 2.31. The number of nitrogens with one attached hydrogen (secondary N) is 2. The Hall–Kier alpha value is -3.61. The molecule has 2 N–H and O–H groups in total. The van der Waals surface area contributed by atoms with Gasteiger partial charge in [-0.05, 0) is 43.0 Å². The van der Waals surface area contributed by atoms with Crippen molar-refractivity contribution >= 4 is 32.8 Å². The van der Waals surface area contributed by atoms with Gasteiger partial charge in [0.15, 0.2) is 9.84 Å². The average molecular weight is 504 g/mol. The summed E-state index contributed by atoms with van der Waals surface area (Å²) in [6, 6.07) is 5.36. The first-order chi connectivity index (χ1) is 16.5.